The van der Waals surface area contributed by atoms with Gasteiger partial charge in [0.25, 0.3) is 5.89 Å². The first kappa shape index (κ1) is 19.8. The zero-order chi connectivity index (χ0) is 23.1. The lowest BCUT2D eigenvalue weighted by Gasteiger charge is -2.08. The van der Waals surface area contributed by atoms with Crippen molar-refractivity contribution >= 4 is 27.6 Å². The summed E-state index contributed by atoms with van der Waals surface area (Å²) in [7, 11) is 0. The van der Waals surface area contributed by atoms with Crippen LogP contribution in [0.1, 0.15) is 16.3 Å². The van der Waals surface area contributed by atoms with Crippen molar-refractivity contribution in [3.05, 3.63) is 96.8 Å². The van der Waals surface area contributed by atoms with E-state index in [0.29, 0.717) is 28.3 Å². The van der Waals surface area contributed by atoms with E-state index in [9.17, 15) is 9.90 Å². The fourth-order valence-corrected chi connectivity index (χ4v) is 4.21. The highest BCUT2D eigenvalue weighted by Crippen LogP contribution is 2.33. The van der Waals surface area contributed by atoms with Crippen molar-refractivity contribution in [2.24, 2.45) is 0 Å². The number of carboxylic acids is 1. The molecule has 0 saturated heterocycles. The Morgan fingerprint density at radius 2 is 1.79 bits per heavy atom. The third-order valence-electron chi connectivity index (χ3n) is 5.76. The number of pyridine rings is 2. The van der Waals surface area contributed by atoms with Gasteiger partial charge >= 0.3 is 5.97 Å². The molecule has 8 heteroatoms. The van der Waals surface area contributed by atoms with Crippen LogP contribution in [0.5, 0.6) is 0 Å². The molecule has 4 aromatic heterocycles. The Morgan fingerprint density at radius 3 is 2.65 bits per heavy atom. The van der Waals surface area contributed by atoms with Gasteiger partial charge in [-0.15, -0.1) is 0 Å². The second kappa shape index (κ2) is 7.93. The van der Waals surface area contributed by atoms with Crippen molar-refractivity contribution in [3.63, 3.8) is 0 Å². The third kappa shape index (κ3) is 3.29. The van der Waals surface area contributed by atoms with Gasteiger partial charge in [-0.2, -0.15) is 4.98 Å². The van der Waals surface area contributed by atoms with Crippen LogP contribution in [0.4, 0.5) is 0 Å². The van der Waals surface area contributed by atoms with Crippen molar-refractivity contribution in [2.45, 2.75) is 6.54 Å². The van der Waals surface area contributed by atoms with Gasteiger partial charge in [0.15, 0.2) is 5.82 Å². The van der Waals surface area contributed by atoms with Gasteiger partial charge in [-0.1, -0.05) is 47.6 Å². The monoisotopic (exact) mass is 447 g/mol. The van der Waals surface area contributed by atoms with Crippen LogP contribution in [0.25, 0.3) is 44.4 Å². The minimum atomic E-state index is -1.05. The number of fused-ring (bicyclic) bond motifs is 2. The van der Waals surface area contributed by atoms with Crippen LogP contribution in [0.3, 0.4) is 0 Å². The van der Waals surface area contributed by atoms with Crippen LogP contribution in [-0.2, 0) is 6.54 Å². The smallest absolute Gasteiger partial charge is 0.352 e. The molecular weight excluding hydrogens is 430 g/mol. The van der Waals surface area contributed by atoms with Crippen molar-refractivity contribution in [1.82, 2.24) is 24.7 Å². The van der Waals surface area contributed by atoms with Gasteiger partial charge in [0.2, 0.25) is 0 Å². The molecule has 0 fully saturated rings. The molecule has 0 amide bonds. The van der Waals surface area contributed by atoms with Gasteiger partial charge < -0.3 is 14.2 Å². The first-order chi connectivity index (χ1) is 16.7. The Bertz CT molecular complexity index is 1670. The number of carboxylic acid groups (broad SMARTS) is 1. The Hall–Kier alpha value is -4.85. The highest BCUT2D eigenvalue weighted by molar-refractivity contribution is 6.05. The summed E-state index contributed by atoms with van der Waals surface area (Å²) in [6, 6.07) is 20.8. The Balaban J connectivity index is 1.49. The molecule has 34 heavy (non-hydrogen) atoms. The van der Waals surface area contributed by atoms with Gasteiger partial charge in [0.1, 0.15) is 5.69 Å². The van der Waals surface area contributed by atoms with Gasteiger partial charge in [-0.05, 0) is 29.7 Å². The molecule has 0 aliphatic heterocycles. The highest BCUT2D eigenvalue weighted by atomic mass is 16.5. The zero-order valence-electron chi connectivity index (χ0n) is 17.8. The lowest BCUT2D eigenvalue weighted by Crippen LogP contribution is -2.10. The average molecular weight is 447 g/mol. The number of hydrogen-bond acceptors (Lipinski definition) is 6. The molecule has 0 bridgehead atoms. The van der Waals surface area contributed by atoms with Crippen LogP contribution < -0.4 is 0 Å². The predicted molar refractivity (Wildman–Crippen MR) is 126 cm³/mol. The minimum absolute atomic E-state index is 0.114. The molecule has 0 aliphatic carbocycles. The summed E-state index contributed by atoms with van der Waals surface area (Å²) in [5.74, 6) is -0.290. The molecule has 0 atom stereocenters. The molecule has 0 radical (unpaired) electrons. The van der Waals surface area contributed by atoms with Crippen molar-refractivity contribution < 1.29 is 14.4 Å². The second-order valence-corrected chi connectivity index (χ2v) is 7.80. The molecule has 6 rings (SSSR count). The third-order valence-corrected chi connectivity index (χ3v) is 5.76. The number of carbonyl (C=O) groups is 1. The summed E-state index contributed by atoms with van der Waals surface area (Å²) in [5.41, 5.74) is 3.13. The van der Waals surface area contributed by atoms with Gasteiger partial charge in [-0.3, -0.25) is 9.97 Å². The van der Waals surface area contributed by atoms with E-state index in [2.05, 4.69) is 20.1 Å². The van der Waals surface area contributed by atoms with Gasteiger partial charge in [0, 0.05) is 40.5 Å². The Kier molecular flexibility index (Phi) is 4.62. The zero-order valence-corrected chi connectivity index (χ0v) is 17.8. The second-order valence-electron chi connectivity index (χ2n) is 7.80. The molecule has 6 aromatic rings. The van der Waals surface area contributed by atoms with Crippen LogP contribution in [0, 0.1) is 0 Å². The standard InChI is InChI=1S/C26H17N5O3/c32-26(33)22-12-19-21(31(22)15-23-29-25(34-30-23)16-6-2-1-3-7-16)10-11-28-24(19)20-14-27-13-17-8-4-5-9-18(17)20/h1-14H,15H2,(H,32,33). The fourth-order valence-electron chi connectivity index (χ4n) is 4.21. The lowest BCUT2D eigenvalue weighted by molar-refractivity contribution is 0.0686. The highest BCUT2D eigenvalue weighted by Gasteiger charge is 2.21. The van der Waals surface area contributed by atoms with E-state index in [1.807, 2.05) is 54.6 Å². The molecule has 2 aromatic carbocycles. The molecule has 0 saturated carbocycles. The van der Waals surface area contributed by atoms with Gasteiger partial charge in [-0.25, -0.2) is 4.79 Å². The molecule has 0 spiro atoms. The van der Waals surface area contributed by atoms with E-state index < -0.39 is 5.97 Å². The minimum Gasteiger partial charge on any atom is -0.477 e. The maximum absolute atomic E-state index is 12.2. The number of nitrogens with zero attached hydrogens (tertiary/aromatic N) is 5. The summed E-state index contributed by atoms with van der Waals surface area (Å²) in [6.07, 6.45) is 5.23. The van der Waals surface area contributed by atoms with E-state index in [4.69, 9.17) is 4.52 Å². The quantitative estimate of drug-likeness (QED) is 0.394. The summed E-state index contributed by atoms with van der Waals surface area (Å²) in [5, 5.41) is 16.7. The van der Waals surface area contributed by atoms with Crippen molar-refractivity contribution in [1.29, 1.82) is 0 Å². The van der Waals surface area contributed by atoms with Crippen LogP contribution >= 0.6 is 0 Å². The molecule has 0 aliphatic rings. The molecule has 1 N–H and O–H groups in total. The largest absolute Gasteiger partial charge is 0.477 e. The molecular formula is C26H17N5O3. The van der Waals surface area contributed by atoms with E-state index in [-0.39, 0.29) is 12.2 Å². The number of aromatic nitrogens is 5. The average Bonchev–Trinajstić information content (AvgIpc) is 3.50. The maximum Gasteiger partial charge on any atom is 0.352 e. The number of benzene rings is 2. The number of hydrogen-bond donors (Lipinski definition) is 1. The normalized spacial score (nSPS) is 11.3. The SMILES string of the molecule is O=C(O)c1cc2c(-c3cncc4ccccc34)nccc2n1Cc1noc(-c2ccccc2)n1. The van der Waals surface area contributed by atoms with E-state index >= 15 is 0 Å². The summed E-state index contributed by atoms with van der Waals surface area (Å²) >= 11 is 0. The number of rotatable bonds is 5. The molecule has 8 nitrogen and oxygen atoms in total. The van der Waals surface area contributed by atoms with E-state index in [1.165, 1.54) is 0 Å². The molecule has 164 valence electrons. The summed E-state index contributed by atoms with van der Waals surface area (Å²) < 4.78 is 7.08. The van der Waals surface area contributed by atoms with Crippen molar-refractivity contribution in [3.8, 4) is 22.7 Å². The number of aromatic carboxylic acids is 1. The van der Waals surface area contributed by atoms with Crippen LogP contribution in [0.15, 0.2) is 89.8 Å². The Morgan fingerprint density at radius 1 is 0.971 bits per heavy atom. The van der Waals surface area contributed by atoms with Crippen LogP contribution in [-0.4, -0.2) is 35.8 Å². The predicted octanol–water partition coefficient (Wildman–Crippen LogP) is 5.05. The Labute approximate surface area is 193 Å². The fraction of sp³-hybridized carbons (Fsp3) is 0.0385. The molecule has 0 unspecified atom stereocenters. The lowest BCUT2D eigenvalue weighted by atomic mass is 10.0. The maximum atomic E-state index is 12.2. The molecule has 4 heterocycles. The first-order valence-electron chi connectivity index (χ1n) is 10.6. The van der Waals surface area contributed by atoms with Gasteiger partial charge in [0.05, 0.1) is 17.8 Å². The first-order valence-corrected chi connectivity index (χ1v) is 10.6. The summed E-state index contributed by atoms with van der Waals surface area (Å²) in [6.45, 7) is 0.138. The van der Waals surface area contributed by atoms with E-state index in [0.717, 1.165) is 21.9 Å². The van der Waals surface area contributed by atoms with Crippen LogP contribution in [0.2, 0.25) is 0 Å². The summed E-state index contributed by atoms with van der Waals surface area (Å²) in [4.78, 5) is 25.6. The van der Waals surface area contributed by atoms with E-state index in [1.54, 1.807) is 35.3 Å². The van der Waals surface area contributed by atoms with Crippen molar-refractivity contribution in [2.75, 3.05) is 0 Å². The topological polar surface area (TPSA) is 107 Å².